The van der Waals surface area contributed by atoms with Crippen LogP contribution in [0.15, 0.2) is 33.7 Å². The van der Waals surface area contributed by atoms with Gasteiger partial charge >= 0.3 is 0 Å². The van der Waals surface area contributed by atoms with Gasteiger partial charge in [-0.05, 0) is 37.8 Å². The Kier molecular flexibility index (Phi) is 3.59. The summed E-state index contributed by atoms with van der Waals surface area (Å²) in [5.41, 5.74) is 2.30. The van der Waals surface area contributed by atoms with E-state index < -0.39 is 10.0 Å². The molecule has 1 aliphatic carbocycles. The molecular formula is C15H18N2O3S. The zero-order chi connectivity index (χ0) is 15.0. The third-order valence-electron chi connectivity index (χ3n) is 3.55. The first-order valence-corrected chi connectivity index (χ1v) is 8.57. The summed E-state index contributed by atoms with van der Waals surface area (Å²) in [6.07, 6.45) is 2.50. The minimum absolute atomic E-state index is 0.0934. The van der Waals surface area contributed by atoms with Gasteiger partial charge < -0.3 is 4.52 Å². The maximum absolute atomic E-state index is 12.5. The summed E-state index contributed by atoms with van der Waals surface area (Å²) in [4.78, 5) is 0.337. The summed E-state index contributed by atoms with van der Waals surface area (Å²) >= 11 is 0. The van der Waals surface area contributed by atoms with Gasteiger partial charge in [0, 0.05) is 17.7 Å². The SMILES string of the molecule is CCc1ccc(-c2cc(C)no2)cc1S(=O)(=O)NC1CC1. The van der Waals surface area contributed by atoms with Gasteiger partial charge in [-0.15, -0.1) is 0 Å². The molecule has 2 aromatic rings. The molecule has 0 unspecified atom stereocenters. The Balaban J connectivity index is 2.04. The summed E-state index contributed by atoms with van der Waals surface area (Å²) in [6.45, 7) is 3.78. The molecule has 1 saturated carbocycles. The molecule has 6 heteroatoms. The second kappa shape index (κ2) is 5.27. The molecule has 1 N–H and O–H groups in total. The molecule has 0 amide bonds. The van der Waals surface area contributed by atoms with Crippen LogP contribution in [0.1, 0.15) is 31.0 Å². The van der Waals surface area contributed by atoms with Crippen LogP contribution in [0.3, 0.4) is 0 Å². The highest BCUT2D eigenvalue weighted by Crippen LogP contribution is 2.28. The van der Waals surface area contributed by atoms with Crippen LogP contribution in [-0.4, -0.2) is 19.6 Å². The molecule has 0 spiro atoms. The van der Waals surface area contributed by atoms with E-state index >= 15 is 0 Å². The van der Waals surface area contributed by atoms with Crippen molar-refractivity contribution >= 4 is 10.0 Å². The lowest BCUT2D eigenvalue weighted by atomic mass is 10.1. The fourth-order valence-electron chi connectivity index (χ4n) is 2.23. The Hall–Kier alpha value is -1.66. The predicted octanol–water partition coefficient (Wildman–Crippen LogP) is 2.65. The second-order valence-corrected chi connectivity index (χ2v) is 7.09. The van der Waals surface area contributed by atoms with Gasteiger partial charge in [0.2, 0.25) is 10.0 Å². The summed E-state index contributed by atoms with van der Waals surface area (Å²) in [6, 6.07) is 7.27. The van der Waals surface area contributed by atoms with Crippen molar-refractivity contribution in [1.82, 2.24) is 9.88 Å². The summed E-state index contributed by atoms with van der Waals surface area (Å²) < 4.78 is 32.9. The van der Waals surface area contributed by atoms with Crippen molar-refractivity contribution in [1.29, 1.82) is 0 Å². The maximum atomic E-state index is 12.5. The molecule has 1 fully saturated rings. The zero-order valence-electron chi connectivity index (χ0n) is 12.1. The molecule has 21 heavy (non-hydrogen) atoms. The normalized spacial score (nSPS) is 15.3. The molecule has 1 aromatic heterocycles. The van der Waals surface area contributed by atoms with Gasteiger partial charge in [0.05, 0.1) is 10.6 Å². The van der Waals surface area contributed by atoms with Crippen molar-refractivity contribution in [2.75, 3.05) is 0 Å². The lowest BCUT2D eigenvalue weighted by Gasteiger charge is -2.11. The summed E-state index contributed by atoms with van der Waals surface area (Å²) in [5.74, 6) is 0.582. The lowest BCUT2D eigenvalue weighted by molar-refractivity contribution is 0.427. The van der Waals surface area contributed by atoms with Gasteiger partial charge in [0.15, 0.2) is 5.76 Å². The quantitative estimate of drug-likeness (QED) is 0.921. The van der Waals surface area contributed by atoms with E-state index in [1.54, 1.807) is 12.1 Å². The highest BCUT2D eigenvalue weighted by molar-refractivity contribution is 7.89. The highest BCUT2D eigenvalue weighted by atomic mass is 32.2. The zero-order valence-corrected chi connectivity index (χ0v) is 12.9. The Morgan fingerprint density at radius 3 is 2.67 bits per heavy atom. The maximum Gasteiger partial charge on any atom is 0.241 e. The van der Waals surface area contributed by atoms with Crippen LogP contribution < -0.4 is 4.72 Å². The van der Waals surface area contributed by atoms with Crippen LogP contribution in [0.2, 0.25) is 0 Å². The van der Waals surface area contributed by atoms with Gasteiger partial charge in [-0.25, -0.2) is 13.1 Å². The van der Waals surface area contributed by atoms with Crippen LogP contribution in [0.25, 0.3) is 11.3 Å². The topological polar surface area (TPSA) is 72.2 Å². The van der Waals surface area contributed by atoms with E-state index in [1.165, 1.54) is 0 Å². The minimum atomic E-state index is -3.48. The lowest BCUT2D eigenvalue weighted by Crippen LogP contribution is -2.26. The molecule has 3 rings (SSSR count). The number of aromatic nitrogens is 1. The summed E-state index contributed by atoms with van der Waals surface area (Å²) in [5, 5.41) is 3.85. The van der Waals surface area contributed by atoms with Gasteiger partial charge in [-0.2, -0.15) is 0 Å². The molecule has 1 aliphatic rings. The average molecular weight is 306 g/mol. The van der Waals surface area contributed by atoms with Crippen LogP contribution in [0.4, 0.5) is 0 Å². The Labute approximate surface area is 124 Å². The molecule has 0 radical (unpaired) electrons. The van der Waals surface area contributed by atoms with Crippen molar-refractivity contribution in [2.45, 2.75) is 44.0 Å². The molecule has 0 bridgehead atoms. The van der Waals surface area contributed by atoms with Crippen molar-refractivity contribution in [3.05, 3.63) is 35.5 Å². The largest absolute Gasteiger partial charge is 0.356 e. The molecule has 1 heterocycles. The first-order valence-electron chi connectivity index (χ1n) is 7.08. The van der Waals surface area contributed by atoms with Crippen molar-refractivity contribution in [2.24, 2.45) is 0 Å². The number of aryl methyl sites for hydroxylation is 2. The molecule has 0 aliphatic heterocycles. The monoisotopic (exact) mass is 306 g/mol. The Morgan fingerprint density at radius 2 is 2.10 bits per heavy atom. The van der Waals surface area contributed by atoms with Crippen molar-refractivity contribution in [3.8, 4) is 11.3 Å². The van der Waals surface area contributed by atoms with Gasteiger partial charge in [-0.3, -0.25) is 0 Å². The van der Waals surface area contributed by atoms with E-state index in [1.807, 2.05) is 26.0 Å². The van der Waals surface area contributed by atoms with Crippen molar-refractivity contribution in [3.63, 3.8) is 0 Å². The number of rotatable bonds is 5. The minimum Gasteiger partial charge on any atom is -0.356 e. The van der Waals surface area contributed by atoms with Gasteiger partial charge in [-0.1, -0.05) is 24.2 Å². The average Bonchev–Trinajstić information content (AvgIpc) is 3.15. The number of sulfonamides is 1. The number of benzene rings is 1. The van der Waals surface area contributed by atoms with Crippen LogP contribution in [0.5, 0.6) is 0 Å². The van der Waals surface area contributed by atoms with Crippen LogP contribution in [0, 0.1) is 6.92 Å². The van der Waals surface area contributed by atoms with E-state index in [0.717, 1.165) is 29.7 Å². The van der Waals surface area contributed by atoms with E-state index in [2.05, 4.69) is 9.88 Å². The number of hydrogen-bond acceptors (Lipinski definition) is 4. The summed E-state index contributed by atoms with van der Waals surface area (Å²) in [7, 11) is -3.48. The third kappa shape index (κ3) is 3.01. The fraction of sp³-hybridized carbons (Fsp3) is 0.400. The first kappa shape index (κ1) is 14.3. The van der Waals surface area contributed by atoms with Crippen molar-refractivity contribution < 1.29 is 12.9 Å². The van der Waals surface area contributed by atoms with E-state index in [9.17, 15) is 8.42 Å². The second-order valence-electron chi connectivity index (χ2n) is 5.40. The van der Waals surface area contributed by atoms with Crippen LogP contribution >= 0.6 is 0 Å². The van der Waals surface area contributed by atoms with Gasteiger partial charge in [0.25, 0.3) is 0 Å². The number of nitrogens with one attached hydrogen (secondary N) is 1. The number of hydrogen-bond donors (Lipinski definition) is 1. The predicted molar refractivity (Wildman–Crippen MR) is 79.4 cm³/mol. The van der Waals surface area contributed by atoms with E-state index in [0.29, 0.717) is 17.1 Å². The standard InChI is InChI=1S/C15H18N2O3S/c1-3-11-4-5-12(14-8-10(2)16-20-14)9-15(11)21(18,19)17-13-6-7-13/h4-5,8-9,13,17H,3,6-7H2,1-2H3. The Morgan fingerprint density at radius 1 is 1.33 bits per heavy atom. The van der Waals surface area contributed by atoms with E-state index in [4.69, 9.17) is 4.52 Å². The molecule has 5 nitrogen and oxygen atoms in total. The van der Waals surface area contributed by atoms with Crippen LogP contribution in [-0.2, 0) is 16.4 Å². The third-order valence-corrected chi connectivity index (χ3v) is 5.15. The van der Waals surface area contributed by atoms with E-state index in [-0.39, 0.29) is 6.04 Å². The first-order chi connectivity index (χ1) is 9.99. The molecule has 0 saturated heterocycles. The Bertz CT molecular complexity index is 761. The van der Waals surface area contributed by atoms with Gasteiger partial charge in [0.1, 0.15) is 0 Å². The molecule has 1 aromatic carbocycles. The molecule has 112 valence electrons. The molecule has 0 atom stereocenters. The fourth-order valence-corrected chi connectivity index (χ4v) is 3.87. The number of nitrogens with zero attached hydrogens (tertiary/aromatic N) is 1. The highest BCUT2D eigenvalue weighted by Gasteiger charge is 2.29. The smallest absolute Gasteiger partial charge is 0.241 e. The molecular weight excluding hydrogens is 288 g/mol.